The van der Waals surface area contributed by atoms with Crippen LogP contribution < -0.4 is 11.1 Å². The first-order valence-corrected chi connectivity index (χ1v) is 8.21. The molecule has 0 spiro atoms. The number of benzene rings is 1. The van der Waals surface area contributed by atoms with Crippen LogP contribution in [0.3, 0.4) is 0 Å². The minimum absolute atomic E-state index is 0.0474. The molecule has 2 aromatic heterocycles. The number of fused-ring (bicyclic) bond motifs is 1. The minimum Gasteiger partial charge on any atom is -0.384 e. The molecule has 1 aliphatic rings. The van der Waals surface area contributed by atoms with Crippen LogP contribution in [0.15, 0.2) is 42.5 Å². The van der Waals surface area contributed by atoms with E-state index in [1.165, 1.54) is 0 Å². The Hall–Kier alpha value is -3.15. The maximum absolute atomic E-state index is 12.1. The zero-order valence-corrected chi connectivity index (χ0v) is 14.2. The van der Waals surface area contributed by atoms with Gasteiger partial charge in [0.25, 0.3) is 0 Å². The fourth-order valence-electron chi connectivity index (χ4n) is 3.41. The van der Waals surface area contributed by atoms with E-state index in [1.807, 2.05) is 48.9 Å². The van der Waals surface area contributed by atoms with Crippen LogP contribution in [-0.2, 0) is 4.79 Å². The molecule has 1 atom stereocenters. The van der Waals surface area contributed by atoms with Gasteiger partial charge in [-0.05, 0) is 43.7 Å². The van der Waals surface area contributed by atoms with Gasteiger partial charge in [0.05, 0.1) is 11.4 Å². The molecular weight excluding hydrogens is 314 g/mol. The van der Waals surface area contributed by atoms with E-state index in [0.29, 0.717) is 18.1 Å². The van der Waals surface area contributed by atoms with Gasteiger partial charge >= 0.3 is 0 Å². The number of aromatic nitrogens is 3. The lowest BCUT2D eigenvalue weighted by molar-refractivity contribution is -0.116. The second-order valence-corrected chi connectivity index (χ2v) is 6.41. The standard InChI is InChI=1S/C19H19N5O/c1-11-8-12(2)24(23-11)14-5-3-4-13(9-14)16-10-18(25)22-19-15(16)6-7-17(20)21-19/h3-9,16H,10H2,1-2H3,(H3,20,21,22,25)/t16-/m1/s1. The molecule has 0 aliphatic carbocycles. The molecule has 0 saturated carbocycles. The van der Waals surface area contributed by atoms with Crippen LogP contribution in [0.2, 0.25) is 0 Å². The summed E-state index contributed by atoms with van der Waals surface area (Å²) < 4.78 is 1.92. The summed E-state index contributed by atoms with van der Waals surface area (Å²) in [6.45, 7) is 4.01. The molecule has 3 aromatic rings. The lowest BCUT2D eigenvalue weighted by Gasteiger charge is -2.25. The van der Waals surface area contributed by atoms with Crippen molar-refractivity contribution >= 4 is 17.5 Å². The SMILES string of the molecule is Cc1cc(C)n(-c2cccc([C@H]3CC(=O)Nc4nc(N)ccc43)c2)n1. The van der Waals surface area contributed by atoms with E-state index in [1.54, 1.807) is 6.07 Å². The van der Waals surface area contributed by atoms with Crippen molar-refractivity contribution in [3.8, 4) is 5.69 Å². The summed E-state index contributed by atoms with van der Waals surface area (Å²) in [6.07, 6.45) is 0.388. The van der Waals surface area contributed by atoms with E-state index in [0.717, 1.165) is 28.2 Å². The van der Waals surface area contributed by atoms with E-state index >= 15 is 0 Å². The van der Waals surface area contributed by atoms with Crippen molar-refractivity contribution in [2.24, 2.45) is 0 Å². The highest BCUT2D eigenvalue weighted by Crippen LogP contribution is 2.37. The van der Waals surface area contributed by atoms with Crippen molar-refractivity contribution in [3.63, 3.8) is 0 Å². The van der Waals surface area contributed by atoms with Gasteiger partial charge in [0.15, 0.2) is 0 Å². The average molecular weight is 333 g/mol. The number of carbonyl (C=O) groups is 1. The lowest BCUT2D eigenvalue weighted by atomic mass is 9.86. The Morgan fingerprint density at radius 2 is 2.04 bits per heavy atom. The Morgan fingerprint density at radius 1 is 1.20 bits per heavy atom. The molecule has 0 fully saturated rings. The molecule has 3 N–H and O–H groups in total. The van der Waals surface area contributed by atoms with Gasteiger partial charge < -0.3 is 11.1 Å². The molecule has 0 bridgehead atoms. The van der Waals surface area contributed by atoms with Gasteiger partial charge in [0.1, 0.15) is 11.6 Å². The highest BCUT2D eigenvalue weighted by atomic mass is 16.1. The fourth-order valence-corrected chi connectivity index (χ4v) is 3.41. The van der Waals surface area contributed by atoms with Crippen LogP contribution in [-0.4, -0.2) is 20.7 Å². The fraction of sp³-hybridized carbons (Fsp3) is 0.211. The maximum atomic E-state index is 12.1. The molecule has 4 rings (SSSR count). The van der Waals surface area contributed by atoms with E-state index < -0.39 is 0 Å². The largest absolute Gasteiger partial charge is 0.384 e. The number of anilines is 2. The second kappa shape index (κ2) is 5.73. The number of pyridine rings is 1. The van der Waals surface area contributed by atoms with Crippen LogP contribution in [0.25, 0.3) is 5.69 Å². The van der Waals surface area contributed by atoms with Gasteiger partial charge in [-0.2, -0.15) is 5.10 Å². The molecule has 25 heavy (non-hydrogen) atoms. The molecular formula is C19H19N5O. The van der Waals surface area contributed by atoms with Crippen molar-refractivity contribution in [1.82, 2.24) is 14.8 Å². The topological polar surface area (TPSA) is 85.8 Å². The Morgan fingerprint density at radius 3 is 2.80 bits per heavy atom. The normalized spacial score (nSPS) is 16.4. The summed E-state index contributed by atoms with van der Waals surface area (Å²) in [4.78, 5) is 16.4. The Labute approximate surface area is 145 Å². The summed E-state index contributed by atoms with van der Waals surface area (Å²) in [7, 11) is 0. The number of nitrogens with zero attached hydrogens (tertiary/aromatic N) is 3. The average Bonchev–Trinajstić information content (AvgIpc) is 2.92. The highest BCUT2D eigenvalue weighted by Gasteiger charge is 2.27. The number of hydrogen-bond donors (Lipinski definition) is 2. The van der Waals surface area contributed by atoms with Gasteiger partial charge in [-0.1, -0.05) is 18.2 Å². The summed E-state index contributed by atoms with van der Waals surface area (Å²) >= 11 is 0. The first-order valence-electron chi connectivity index (χ1n) is 8.21. The zero-order chi connectivity index (χ0) is 17.6. The van der Waals surface area contributed by atoms with Gasteiger partial charge in [0, 0.05) is 23.6 Å². The van der Waals surface area contributed by atoms with Crippen LogP contribution in [0.5, 0.6) is 0 Å². The Balaban J connectivity index is 1.80. The van der Waals surface area contributed by atoms with Crippen LogP contribution in [0, 0.1) is 13.8 Å². The van der Waals surface area contributed by atoms with E-state index in [4.69, 9.17) is 5.73 Å². The van der Waals surface area contributed by atoms with Crippen molar-refractivity contribution < 1.29 is 4.79 Å². The molecule has 126 valence electrons. The number of nitrogen functional groups attached to an aromatic ring is 1. The summed E-state index contributed by atoms with van der Waals surface area (Å²) in [5, 5.41) is 7.36. The molecule has 6 nitrogen and oxygen atoms in total. The first-order chi connectivity index (χ1) is 12.0. The molecule has 0 unspecified atom stereocenters. The summed E-state index contributed by atoms with van der Waals surface area (Å²) in [5.74, 6) is 0.856. The van der Waals surface area contributed by atoms with Crippen LogP contribution in [0.4, 0.5) is 11.6 Å². The van der Waals surface area contributed by atoms with Gasteiger partial charge in [-0.3, -0.25) is 4.79 Å². The molecule has 0 saturated heterocycles. The first kappa shape index (κ1) is 15.4. The Kier molecular flexibility index (Phi) is 3.53. The van der Waals surface area contributed by atoms with Gasteiger partial charge in [-0.25, -0.2) is 9.67 Å². The Bertz CT molecular complexity index is 976. The van der Waals surface area contributed by atoms with Crippen LogP contribution >= 0.6 is 0 Å². The second-order valence-electron chi connectivity index (χ2n) is 6.41. The quantitative estimate of drug-likeness (QED) is 0.755. The molecule has 1 aliphatic heterocycles. The lowest BCUT2D eigenvalue weighted by Crippen LogP contribution is -2.24. The van der Waals surface area contributed by atoms with E-state index in [2.05, 4.69) is 21.5 Å². The van der Waals surface area contributed by atoms with Crippen molar-refractivity contribution in [2.75, 3.05) is 11.1 Å². The minimum atomic E-state index is -0.0490. The third-order valence-corrected chi connectivity index (χ3v) is 4.50. The number of carbonyl (C=O) groups excluding carboxylic acids is 1. The van der Waals surface area contributed by atoms with E-state index in [-0.39, 0.29) is 11.8 Å². The maximum Gasteiger partial charge on any atom is 0.226 e. The van der Waals surface area contributed by atoms with Gasteiger partial charge in [-0.15, -0.1) is 0 Å². The van der Waals surface area contributed by atoms with Crippen LogP contribution in [0.1, 0.15) is 34.9 Å². The number of hydrogen-bond acceptors (Lipinski definition) is 4. The number of rotatable bonds is 2. The molecule has 1 amide bonds. The number of amides is 1. The molecule has 1 aromatic carbocycles. The number of aryl methyl sites for hydroxylation is 2. The monoisotopic (exact) mass is 333 g/mol. The van der Waals surface area contributed by atoms with E-state index in [9.17, 15) is 4.79 Å². The number of nitrogens with one attached hydrogen (secondary N) is 1. The molecule has 0 radical (unpaired) electrons. The predicted molar refractivity (Wildman–Crippen MR) is 96.8 cm³/mol. The number of nitrogens with two attached hydrogens (primary N) is 1. The third-order valence-electron chi connectivity index (χ3n) is 4.50. The van der Waals surface area contributed by atoms with Crippen molar-refractivity contribution in [2.45, 2.75) is 26.2 Å². The third kappa shape index (κ3) is 2.76. The predicted octanol–water partition coefficient (Wildman–Crippen LogP) is 2.94. The smallest absolute Gasteiger partial charge is 0.226 e. The van der Waals surface area contributed by atoms with Gasteiger partial charge in [0.2, 0.25) is 5.91 Å². The summed E-state index contributed by atoms with van der Waals surface area (Å²) in [5.41, 5.74) is 10.8. The van der Waals surface area contributed by atoms with Crippen molar-refractivity contribution in [3.05, 3.63) is 65.0 Å². The van der Waals surface area contributed by atoms with Crippen molar-refractivity contribution in [1.29, 1.82) is 0 Å². The zero-order valence-electron chi connectivity index (χ0n) is 14.2. The molecule has 3 heterocycles. The highest BCUT2D eigenvalue weighted by molar-refractivity contribution is 5.94. The molecule has 6 heteroatoms. The summed E-state index contributed by atoms with van der Waals surface area (Å²) in [6, 6.07) is 13.9.